The maximum atomic E-state index is 12.5. The lowest BCUT2D eigenvalue weighted by Crippen LogP contribution is -2.13. The Morgan fingerprint density at radius 2 is 1.83 bits per heavy atom. The van der Waals surface area contributed by atoms with E-state index in [9.17, 15) is 9.59 Å². The van der Waals surface area contributed by atoms with Crippen molar-refractivity contribution in [2.45, 2.75) is 6.92 Å². The summed E-state index contributed by atoms with van der Waals surface area (Å²) in [6.45, 7) is 2.39. The van der Waals surface area contributed by atoms with E-state index in [1.165, 1.54) is 13.3 Å². The molecule has 0 unspecified atom stereocenters. The fraction of sp³-hybridized carbons (Fsp3) is 0.136. The average Bonchev–Trinajstić information content (AvgIpc) is 2.75. The van der Waals surface area contributed by atoms with Crippen molar-refractivity contribution in [3.8, 4) is 5.75 Å². The lowest BCUT2D eigenvalue weighted by Gasteiger charge is -2.11. The Hall–Kier alpha value is -3.87. The van der Waals surface area contributed by atoms with Crippen molar-refractivity contribution in [2.24, 2.45) is 0 Å². The van der Waals surface area contributed by atoms with E-state index >= 15 is 0 Å². The molecule has 1 heterocycles. The molecule has 0 saturated carbocycles. The van der Waals surface area contributed by atoms with Crippen LogP contribution in [0, 0.1) is 0 Å². The van der Waals surface area contributed by atoms with Gasteiger partial charge in [0.15, 0.2) is 0 Å². The van der Waals surface area contributed by atoms with Gasteiger partial charge in [0.2, 0.25) is 0 Å². The number of ether oxygens (including phenoxy) is 2. The minimum absolute atomic E-state index is 0.288. The van der Waals surface area contributed by atoms with Gasteiger partial charge in [0.05, 0.1) is 30.5 Å². The summed E-state index contributed by atoms with van der Waals surface area (Å²) in [7, 11) is 1.33. The van der Waals surface area contributed by atoms with Crippen molar-refractivity contribution in [1.82, 2.24) is 4.98 Å². The number of carbonyl (C=O) groups excluding carboxylic acids is 2. The van der Waals surface area contributed by atoms with Gasteiger partial charge < -0.3 is 20.1 Å². The van der Waals surface area contributed by atoms with E-state index in [-0.39, 0.29) is 5.91 Å². The van der Waals surface area contributed by atoms with E-state index in [0.717, 1.165) is 0 Å². The number of pyridine rings is 1. The number of amides is 1. The molecule has 0 aliphatic carbocycles. The molecule has 7 nitrogen and oxygen atoms in total. The van der Waals surface area contributed by atoms with Crippen LogP contribution in [0.5, 0.6) is 5.75 Å². The Morgan fingerprint density at radius 1 is 1.00 bits per heavy atom. The summed E-state index contributed by atoms with van der Waals surface area (Å²) in [6, 6.07) is 17.5. The molecule has 0 radical (unpaired) electrons. The van der Waals surface area contributed by atoms with E-state index in [4.69, 9.17) is 9.47 Å². The SMILES string of the molecule is CCOc1ccccc1NC(=O)c1ccc(Nc2cccc(C(=O)OC)c2)nc1. The molecule has 148 valence electrons. The molecule has 0 bridgehead atoms. The topological polar surface area (TPSA) is 89.6 Å². The molecule has 1 amide bonds. The smallest absolute Gasteiger partial charge is 0.337 e. The standard InChI is InChI=1S/C22H21N3O4/c1-3-29-19-10-5-4-9-18(19)25-21(26)16-11-12-20(23-14-16)24-17-8-6-7-15(13-17)22(27)28-2/h4-14H,3H2,1-2H3,(H,23,24)(H,25,26). The van der Waals surface area contributed by atoms with Gasteiger partial charge in [-0.15, -0.1) is 0 Å². The van der Waals surface area contributed by atoms with Gasteiger partial charge in [0.1, 0.15) is 11.6 Å². The Balaban J connectivity index is 1.69. The largest absolute Gasteiger partial charge is 0.492 e. The predicted molar refractivity (Wildman–Crippen MR) is 111 cm³/mol. The number of nitrogens with one attached hydrogen (secondary N) is 2. The van der Waals surface area contributed by atoms with Crippen molar-refractivity contribution in [2.75, 3.05) is 24.4 Å². The molecule has 0 saturated heterocycles. The molecule has 2 aromatic carbocycles. The lowest BCUT2D eigenvalue weighted by molar-refractivity contribution is 0.0600. The van der Waals surface area contributed by atoms with Crippen molar-refractivity contribution in [1.29, 1.82) is 0 Å². The molecule has 0 fully saturated rings. The highest BCUT2D eigenvalue weighted by Crippen LogP contribution is 2.24. The lowest BCUT2D eigenvalue weighted by atomic mass is 10.2. The average molecular weight is 391 g/mol. The zero-order chi connectivity index (χ0) is 20.6. The van der Waals surface area contributed by atoms with Crippen LogP contribution in [0.4, 0.5) is 17.2 Å². The van der Waals surface area contributed by atoms with Crippen LogP contribution in [0.1, 0.15) is 27.6 Å². The molecule has 29 heavy (non-hydrogen) atoms. The molecule has 0 atom stereocenters. The van der Waals surface area contributed by atoms with Gasteiger partial charge >= 0.3 is 5.97 Å². The van der Waals surface area contributed by atoms with Crippen LogP contribution in [0.25, 0.3) is 0 Å². The van der Waals surface area contributed by atoms with Crippen LogP contribution in [-0.2, 0) is 4.74 Å². The predicted octanol–water partition coefficient (Wildman–Crippen LogP) is 4.26. The van der Waals surface area contributed by atoms with Gasteiger partial charge in [-0.05, 0) is 49.4 Å². The van der Waals surface area contributed by atoms with E-state index in [0.29, 0.717) is 40.7 Å². The number of hydrogen-bond acceptors (Lipinski definition) is 6. The zero-order valence-electron chi connectivity index (χ0n) is 16.1. The summed E-state index contributed by atoms with van der Waals surface area (Å²) in [6.07, 6.45) is 1.48. The van der Waals surface area contributed by atoms with Crippen LogP contribution in [0.15, 0.2) is 66.9 Å². The first-order valence-electron chi connectivity index (χ1n) is 9.05. The maximum Gasteiger partial charge on any atom is 0.337 e. The second kappa shape index (κ2) is 9.36. The molecule has 2 N–H and O–H groups in total. The van der Waals surface area contributed by atoms with Crippen LogP contribution < -0.4 is 15.4 Å². The molecule has 3 rings (SSSR count). The Kier molecular flexibility index (Phi) is 6.42. The summed E-state index contributed by atoms with van der Waals surface area (Å²) >= 11 is 0. The van der Waals surface area contributed by atoms with Gasteiger partial charge in [-0.1, -0.05) is 18.2 Å². The van der Waals surface area contributed by atoms with Gasteiger partial charge in [-0.2, -0.15) is 0 Å². The Labute approximate surface area is 168 Å². The number of carbonyl (C=O) groups is 2. The van der Waals surface area contributed by atoms with Crippen molar-refractivity contribution in [3.05, 3.63) is 78.0 Å². The number of nitrogens with zero attached hydrogens (tertiary/aromatic N) is 1. The highest BCUT2D eigenvalue weighted by molar-refractivity contribution is 6.05. The number of aromatic nitrogens is 1. The van der Waals surface area contributed by atoms with Crippen molar-refractivity contribution in [3.63, 3.8) is 0 Å². The number of benzene rings is 2. The fourth-order valence-corrected chi connectivity index (χ4v) is 2.64. The quantitative estimate of drug-likeness (QED) is 0.585. The van der Waals surface area contributed by atoms with E-state index in [1.807, 2.05) is 19.1 Å². The molecule has 1 aromatic heterocycles. The minimum Gasteiger partial charge on any atom is -0.492 e. The number of methoxy groups -OCH3 is 1. The molecule has 0 spiro atoms. The van der Waals surface area contributed by atoms with Gasteiger partial charge in [0, 0.05) is 11.9 Å². The third kappa shape index (κ3) is 5.10. The Bertz CT molecular complexity index is 1000. The molecule has 7 heteroatoms. The zero-order valence-corrected chi connectivity index (χ0v) is 16.1. The number of hydrogen-bond donors (Lipinski definition) is 2. The van der Waals surface area contributed by atoms with Crippen molar-refractivity contribution < 1.29 is 19.1 Å². The van der Waals surface area contributed by atoms with Crippen molar-refractivity contribution >= 4 is 29.1 Å². The third-order valence-corrected chi connectivity index (χ3v) is 4.02. The van der Waals surface area contributed by atoms with Crippen LogP contribution in [0.2, 0.25) is 0 Å². The molecular weight excluding hydrogens is 370 g/mol. The Morgan fingerprint density at radius 3 is 2.55 bits per heavy atom. The summed E-state index contributed by atoms with van der Waals surface area (Å²) in [5.74, 6) is 0.447. The first-order chi connectivity index (χ1) is 14.1. The summed E-state index contributed by atoms with van der Waals surface area (Å²) in [4.78, 5) is 28.4. The maximum absolute atomic E-state index is 12.5. The van der Waals surface area contributed by atoms with Gasteiger partial charge in [-0.25, -0.2) is 9.78 Å². The molecular formula is C22H21N3O4. The number of esters is 1. The fourth-order valence-electron chi connectivity index (χ4n) is 2.64. The second-order valence-corrected chi connectivity index (χ2v) is 6.01. The third-order valence-electron chi connectivity index (χ3n) is 4.02. The minimum atomic E-state index is -0.416. The summed E-state index contributed by atoms with van der Waals surface area (Å²) < 4.78 is 10.2. The summed E-state index contributed by atoms with van der Waals surface area (Å²) in [5, 5.41) is 5.93. The van der Waals surface area contributed by atoms with E-state index < -0.39 is 5.97 Å². The van der Waals surface area contributed by atoms with E-state index in [1.54, 1.807) is 48.5 Å². The monoisotopic (exact) mass is 391 g/mol. The van der Waals surface area contributed by atoms with Crippen LogP contribution in [0.3, 0.4) is 0 Å². The highest BCUT2D eigenvalue weighted by atomic mass is 16.5. The molecule has 3 aromatic rings. The summed E-state index contributed by atoms with van der Waals surface area (Å²) in [5.41, 5.74) is 2.12. The highest BCUT2D eigenvalue weighted by Gasteiger charge is 2.11. The van der Waals surface area contributed by atoms with Crippen LogP contribution in [-0.4, -0.2) is 30.6 Å². The van der Waals surface area contributed by atoms with Crippen LogP contribution >= 0.6 is 0 Å². The van der Waals surface area contributed by atoms with Gasteiger partial charge in [0.25, 0.3) is 5.91 Å². The second-order valence-electron chi connectivity index (χ2n) is 6.01. The van der Waals surface area contributed by atoms with E-state index in [2.05, 4.69) is 15.6 Å². The molecule has 0 aliphatic rings. The number of anilines is 3. The van der Waals surface area contributed by atoms with Gasteiger partial charge in [-0.3, -0.25) is 4.79 Å². The first kappa shape index (κ1) is 19.9. The first-order valence-corrected chi connectivity index (χ1v) is 9.05. The number of rotatable bonds is 7. The number of para-hydroxylation sites is 2. The molecule has 0 aliphatic heterocycles. The normalized spacial score (nSPS) is 10.1.